The van der Waals surface area contributed by atoms with Crippen LogP contribution in [0.15, 0.2) is 24.3 Å². The van der Waals surface area contributed by atoms with E-state index in [0.717, 1.165) is 0 Å². The summed E-state index contributed by atoms with van der Waals surface area (Å²) in [7, 11) is 0. The van der Waals surface area contributed by atoms with E-state index < -0.39 is 18.6 Å². The van der Waals surface area contributed by atoms with Gasteiger partial charge >= 0.3 is 0 Å². The molecule has 1 saturated heterocycles. The van der Waals surface area contributed by atoms with Gasteiger partial charge in [-0.15, -0.1) is 0 Å². The molecule has 2 N–H and O–H groups in total. The first kappa shape index (κ1) is 16.1. The standard InChI is InChI=1S/C15H22F2N2O2/c1-2-21-13-5-3-4-12(10-13)14(15(16,17)11-20)19-8-6-18-7-9-19/h3-5,10,14,18,20H,2,6-9,11H2,1H3/t14-/m1/s1. The zero-order valence-electron chi connectivity index (χ0n) is 12.2. The highest BCUT2D eigenvalue weighted by molar-refractivity contribution is 5.32. The van der Waals surface area contributed by atoms with Gasteiger partial charge in [-0.2, -0.15) is 0 Å². The summed E-state index contributed by atoms with van der Waals surface area (Å²) >= 11 is 0. The van der Waals surface area contributed by atoms with Crippen LogP contribution in [0.4, 0.5) is 8.78 Å². The highest BCUT2D eigenvalue weighted by Gasteiger charge is 2.44. The molecule has 0 amide bonds. The lowest BCUT2D eigenvalue weighted by atomic mass is 9.98. The molecule has 1 fully saturated rings. The van der Waals surface area contributed by atoms with Crippen molar-refractivity contribution in [1.29, 1.82) is 0 Å². The summed E-state index contributed by atoms with van der Waals surface area (Å²) in [6.45, 7) is 3.56. The number of rotatable bonds is 6. The number of piperazine rings is 1. The van der Waals surface area contributed by atoms with Crippen molar-refractivity contribution < 1.29 is 18.6 Å². The molecule has 4 nitrogen and oxygen atoms in total. The van der Waals surface area contributed by atoms with Gasteiger partial charge in [0.1, 0.15) is 18.4 Å². The zero-order valence-corrected chi connectivity index (χ0v) is 12.2. The third-order valence-corrected chi connectivity index (χ3v) is 3.61. The first-order valence-corrected chi connectivity index (χ1v) is 7.24. The molecule has 1 aromatic carbocycles. The van der Waals surface area contributed by atoms with Crippen LogP contribution in [-0.4, -0.2) is 55.3 Å². The number of alkyl halides is 2. The first-order chi connectivity index (χ1) is 10.1. The van der Waals surface area contributed by atoms with Crippen molar-refractivity contribution in [3.63, 3.8) is 0 Å². The van der Waals surface area contributed by atoms with Crippen LogP contribution >= 0.6 is 0 Å². The molecule has 0 spiro atoms. The second kappa shape index (κ2) is 7.15. The van der Waals surface area contributed by atoms with Crippen LogP contribution in [0.5, 0.6) is 5.75 Å². The van der Waals surface area contributed by atoms with Gasteiger partial charge in [0.25, 0.3) is 5.92 Å². The normalized spacial score (nSPS) is 18.5. The van der Waals surface area contributed by atoms with Crippen LogP contribution in [0.2, 0.25) is 0 Å². The molecule has 0 aromatic heterocycles. The molecular weight excluding hydrogens is 278 g/mol. The monoisotopic (exact) mass is 300 g/mol. The molecule has 118 valence electrons. The number of ether oxygens (including phenoxy) is 1. The van der Waals surface area contributed by atoms with E-state index in [1.165, 1.54) is 0 Å². The highest BCUT2D eigenvalue weighted by Crippen LogP contribution is 2.37. The van der Waals surface area contributed by atoms with Crippen LogP contribution in [0.25, 0.3) is 0 Å². The summed E-state index contributed by atoms with van der Waals surface area (Å²) in [6.07, 6.45) is 0. The Morgan fingerprint density at radius 3 is 2.71 bits per heavy atom. The Labute approximate surface area is 123 Å². The summed E-state index contributed by atoms with van der Waals surface area (Å²) in [5, 5.41) is 12.3. The fourth-order valence-electron chi connectivity index (χ4n) is 2.69. The van der Waals surface area contributed by atoms with Crippen molar-refractivity contribution in [2.24, 2.45) is 0 Å². The quantitative estimate of drug-likeness (QED) is 0.839. The molecule has 1 heterocycles. The molecule has 0 aliphatic carbocycles. The van der Waals surface area contributed by atoms with E-state index in [2.05, 4.69) is 5.32 Å². The summed E-state index contributed by atoms with van der Waals surface area (Å²) in [6, 6.07) is 5.63. The number of nitrogens with zero attached hydrogens (tertiary/aromatic N) is 1. The smallest absolute Gasteiger partial charge is 0.289 e. The Kier molecular flexibility index (Phi) is 5.50. The second-order valence-corrected chi connectivity index (χ2v) is 5.11. The first-order valence-electron chi connectivity index (χ1n) is 7.24. The van der Waals surface area contributed by atoms with E-state index in [4.69, 9.17) is 9.84 Å². The molecule has 6 heteroatoms. The summed E-state index contributed by atoms with van der Waals surface area (Å²) in [5.74, 6) is -2.62. The van der Waals surface area contributed by atoms with E-state index in [-0.39, 0.29) is 0 Å². The molecular formula is C15H22F2N2O2. The lowest BCUT2D eigenvalue weighted by molar-refractivity contribution is -0.118. The topological polar surface area (TPSA) is 44.7 Å². The Morgan fingerprint density at radius 1 is 1.38 bits per heavy atom. The summed E-state index contributed by atoms with van der Waals surface area (Å²) in [4.78, 5) is 1.72. The van der Waals surface area contributed by atoms with E-state index in [1.54, 1.807) is 29.2 Å². The van der Waals surface area contributed by atoms with Crippen molar-refractivity contribution in [3.8, 4) is 5.75 Å². The van der Waals surface area contributed by atoms with Crippen molar-refractivity contribution in [1.82, 2.24) is 10.2 Å². The van der Waals surface area contributed by atoms with Crippen molar-refractivity contribution in [3.05, 3.63) is 29.8 Å². The minimum Gasteiger partial charge on any atom is -0.494 e. The van der Waals surface area contributed by atoms with Crippen LogP contribution in [0.3, 0.4) is 0 Å². The second-order valence-electron chi connectivity index (χ2n) is 5.11. The molecule has 0 saturated carbocycles. The maximum absolute atomic E-state index is 14.3. The van der Waals surface area contributed by atoms with Gasteiger partial charge in [0, 0.05) is 26.2 Å². The fourth-order valence-corrected chi connectivity index (χ4v) is 2.69. The van der Waals surface area contributed by atoms with Crippen molar-refractivity contribution in [2.75, 3.05) is 39.4 Å². The van der Waals surface area contributed by atoms with Gasteiger partial charge in [-0.25, -0.2) is 8.78 Å². The molecule has 1 aromatic rings. The minimum atomic E-state index is -3.19. The van der Waals surface area contributed by atoms with Gasteiger partial charge in [0.05, 0.1) is 6.61 Å². The van der Waals surface area contributed by atoms with Gasteiger partial charge in [-0.05, 0) is 24.6 Å². The largest absolute Gasteiger partial charge is 0.494 e. The molecule has 0 unspecified atom stereocenters. The summed E-state index contributed by atoms with van der Waals surface area (Å²) < 4.78 is 33.9. The fraction of sp³-hybridized carbons (Fsp3) is 0.600. The number of aliphatic hydroxyl groups excluding tert-OH is 1. The minimum absolute atomic E-state index is 0.474. The average molecular weight is 300 g/mol. The molecule has 2 rings (SSSR count). The van der Waals surface area contributed by atoms with Gasteiger partial charge < -0.3 is 15.2 Å². The van der Waals surface area contributed by atoms with Gasteiger partial charge in [-0.3, -0.25) is 4.90 Å². The lowest BCUT2D eigenvalue weighted by Gasteiger charge is -2.38. The third-order valence-electron chi connectivity index (χ3n) is 3.61. The number of benzene rings is 1. The predicted octanol–water partition coefficient (Wildman–Crippen LogP) is 1.66. The van der Waals surface area contributed by atoms with Gasteiger partial charge in [0.2, 0.25) is 0 Å². The van der Waals surface area contributed by atoms with Crippen LogP contribution in [0.1, 0.15) is 18.5 Å². The highest BCUT2D eigenvalue weighted by atomic mass is 19.3. The molecule has 1 aliphatic heterocycles. The number of nitrogens with one attached hydrogen (secondary N) is 1. The number of aliphatic hydroxyl groups is 1. The van der Waals surface area contributed by atoms with Crippen LogP contribution < -0.4 is 10.1 Å². The van der Waals surface area contributed by atoms with E-state index in [1.807, 2.05) is 6.92 Å². The SMILES string of the molecule is CCOc1cccc([C@@H](N2CCNCC2)C(F)(F)CO)c1. The third kappa shape index (κ3) is 3.90. The van der Waals surface area contributed by atoms with E-state index >= 15 is 0 Å². The molecule has 1 aliphatic rings. The Bertz CT molecular complexity index is 451. The molecule has 21 heavy (non-hydrogen) atoms. The van der Waals surface area contributed by atoms with Crippen LogP contribution in [-0.2, 0) is 0 Å². The number of hydrogen-bond acceptors (Lipinski definition) is 4. The Morgan fingerprint density at radius 2 is 2.10 bits per heavy atom. The molecule has 1 atom stereocenters. The zero-order chi connectivity index (χ0) is 15.3. The summed E-state index contributed by atoms with van der Waals surface area (Å²) in [5.41, 5.74) is 0.474. The number of hydrogen-bond donors (Lipinski definition) is 2. The Hall–Kier alpha value is -1.24. The van der Waals surface area contributed by atoms with Crippen LogP contribution in [0, 0.1) is 0 Å². The number of halogens is 2. The van der Waals surface area contributed by atoms with Crippen molar-refractivity contribution in [2.45, 2.75) is 18.9 Å². The average Bonchev–Trinajstić information content (AvgIpc) is 2.49. The van der Waals surface area contributed by atoms with Crippen molar-refractivity contribution >= 4 is 0 Å². The molecule has 0 bridgehead atoms. The maximum Gasteiger partial charge on any atom is 0.289 e. The van der Waals surface area contributed by atoms with E-state index in [0.29, 0.717) is 44.1 Å². The van der Waals surface area contributed by atoms with E-state index in [9.17, 15) is 8.78 Å². The lowest BCUT2D eigenvalue weighted by Crippen LogP contribution is -2.51. The molecule has 0 radical (unpaired) electrons. The Balaban J connectivity index is 2.31. The van der Waals surface area contributed by atoms with Gasteiger partial charge in [0.15, 0.2) is 0 Å². The van der Waals surface area contributed by atoms with Gasteiger partial charge in [-0.1, -0.05) is 12.1 Å². The maximum atomic E-state index is 14.3. The predicted molar refractivity (Wildman–Crippen MR) is 76.8 cm³/mol.